The zero-order chi connectivity index (χ0) is 14.5. The highest BCUT2D eigenvalue weighted by Crippen LogP contribution is 2.11. The zero-order valence-electron chi connectivity index (χ0n) is 11.6. The van der Waals surface area contributed by atoms with Crippen molar-refractivity contribution in [3.63, 3.8) is 0 Å². The Morgan fingerprint density at radius 3 is 2.60 bits per heavy atom. The predicted molar refractivity (Wildman–Crippen MR) is 74.0 cm³/mol. The molecular formula is C15H19FN2O2. The van der Waals surface area contributed by atoms with E-state index in [4.69, 9.17) is 0 Å². The van der Waals surface area contributed by atoms with E-state index < -0.39 is 0 Å². The van der Waals surface area contributed by atoms with Crippen molar-refractivity contribution in [3.05, 3.63) is 35.6 Å². The van der Waals surface area contributed by atoms with Gasteiger partial charge in [0.25, 0.3) is 0 Å². The van der Waals surface area contributed by atoms with Crippen LogP contribution >= 0.6 is 0 Å². The van der Waals surface area contributed by atoms with Crippen LogP contribution in [0.4, 0.5) is 4.39 Å². The molecule has 1 saturated heterocycles. The minimum atomic E-state index is -0.369. The Kier molecular flexibility index (Phi) is 4.84. The van der Waals surface area contributed by atoms with E-state index in [1.807, 2.05) is 0 Å². The lowest BCUT2D eigenvalue weighted by molar-refractivity contribution is -0.131. The molecule has 1 aromatic carbocycles. The maximum atomic E-state index is 12.8. The lowest BCUT2D eigenvalue weighted by Crippen LogP contribution is -2.38. The van der Waals surface area contributed by atoms with Crippen molar-refractivity contribution in [2.45, 2.75) is 25.3 Å². The summed E-state index contributed by atoms with van der Waals surface area (Å²) in [5, 5.41) is 3.21. The number of nitrogens with zero attached hydrogens (tertiary/aromatic N) is 1. The van der Waals surface area contributed by atoms with Crippen molar-refractivity contribution >= 4 is 11.7 Å². The van der Waals surface area contributed by atoms with Gasteiger partial charge in [0, 0.05) is 38.0 Å². The van der Waals surface area contributed by atoms with Gasteiger partial charge < -0.3 is 10.2 Å². The van der Waals surface area contributed by atoms with Crippen LogP contribution < -0.4 is 5.32 Å². The minimum Gasteiger partial charge on any atom is -0.341 e. The van der Waals surface area contributed by atoms with Gasteiger partial charge in [-0.05, 0) is 37.2 Å². The number of halogens is 1. The molecule has 1 heterocycles. The van der Waals surface area contributed by atoms with Crippen molar-refractivity contribution in [2.75, 3.05) is 20.1 Å². The highest BCUT2D eigenvalue weighted by molar-refractivity contribution is 5.97. The molecule has 0 aromatic heterocycles. The Hall–Kier alpha value is -1.75. The van der Waals surface area contributed by atoms with Gasteiger partial charge in [-0.25, -0.2) is 4.39 Å². The molecular weight excluding hydrogens is 259 g/mol. The van der Waals surface area contributed by atoms with Gasteiger partial charge in [-0.3, -0.25) is 9.59 Å². The first-order valence-electron chi connectivity index (χ1n) is 6.83. The van der Waals surface area contributed by atoms with Gasteiger partial charge in [-0.1, -0.05) is 0 Å². The monoisotopic (exact) mass is 278 g/mol. The molecule has 1 fully saturated rings. The molecule has 1 aliphatic rings. The smallest absolute Gasteiger partial charge is 0.223 e. The Balaban J connectivity index is 1.83. The van der Waals surface area contributed by atoms with E-state index in [0.29, 0.717) is 5.56 Å². The van der Waals surface area contributed by atoms with Gasteiger partial charge in [-0.2, -0.15) is 0 Å². The van der Waals surface area contributed by atoms with Crippen molar-refractivity contribution in [1.82, 2.24) is 10.2 Å². The van der Waals surface area contributed by atoms with Gasteiger partial charge in [0.05, 0.1) is 0 Å². The minimum absolute atomic E-state index is 0.0193. The first-order chi connectivity index (χ1) is 9.58. The maximum Gasteiger partial charge on any atom is 0.223 e. The summed E-state index contributed by atoms with van der Waals surface area (Å²) < 4.78 is 12.8. The molecule has 0 saturated carbocycles. The number of carbonyl (C=O) groups is 2. The van der Waals surface area contributed by atoms with Crippen molar-refractivity contribution < 1.29 is 14.0 Å². The number of ketones is 1. The van der Waals surface area contributed by atoms with E-state index in [9.17, 15) is 14.0 Å². The van der Waals surface area contributed by atoms with Crippen LogP contribution in [-0.2, 0) is 4.79 Å². The van der Waals surface area contributed by atoms with Gasteiger partial charge in [0.2, 0.25) is 5.91 Å². The average Bonchev–Trinajstić information content (AvgIpc) is 2.98. The van der Waals surface area contributed by atoms with Crippen LogP contribution in [0.5, 0.6) is 0 Å². The second-order valence-corrected chi connectivity index (χ2v) is 5.08. The number of Topliss-reactive ketones (excluding diaryl/α,β-unsaturated/α-hetero) is 1. The second kappa shape index (κ2) is 6.61. The zero-order valence-corrected chi connectivity index (χ0v) is 11.6. The summed E-state index contributed by atoms with van der Waals surface area (Å²) in [6, 6.07) is 5.64. The van der Waals surface area contributed by atoms with Crippen LogP contribution in [0.15, 0.2) is 24.3 Å². The summed E-state index contributed by atoms with van der Waals surface area (Å²) in [4.78, 5) is 25.6. The van der Waals surface area contributed by atoms with Crippen LogP contribution in [-0.4, -0.2) is 42.8 Å². The third kappa shape index (κ3) is 3.63. The Morgan fingerprint density at radius 2 is 2.00 bits per heavy atom. The van der Waals surface area contributed by atoms with E-state index in [-0.39, 0.29) is 36.4 Å². The Morgan fingerprint density at radius 1 is 1.30 bits per heavy atom. The molecule has 4 nitrogen and oxygen atoms in total. The lowest BCUT2D eigenvalue weighted by atomic mass is 10.1. The molecule has 0 radical (unpaired) electrons. The first kappa shape index (κ1) is 14.7. The molecule has 1 atom stereocenters. The average molecular weight is 278 g/mol. The third-order valence-corrected chi connectivity index (χ3v) is 3.71. The summed E-state index contributed by atoms with van der Waals surface area (Å²) in [5.41, 5.74) is 0.449. The molecule has 2 rings (SSSR count). The van der Waals surface area contributed by atoms with E-state index in [1.54, 1.807) is 11.9 Å². The van der Waals surface area contributed by atoms with Crippen molar-refractivity contribution in [2.24, 2.45) is 0 Å². The summed E-state index contributed by atoms with van der Waals surface area (Å²) in [7, 11) is 1.78. The molecule has 5 heteroatoms. The molecule has 0 bridgehead atoms. The largest absolute Gasteiger partial charge is 0.341 e. The fourth-order valence-corrected chi connectivity index (χ4v) is 2.35. The predicted octanol–water partition coefficient (Wildman–Crippen LogP) is 1.61. The van der Waals surface area contributed by atoms with E-state index in [0.717, 1.165) is 19.5 Å². The molecule has 1 aliphatic heterocycles. The Labute approximate surface area is 118 Å². The van der Waals surface area contributed by atoms with Gasteiger partial charge >= 0.3 is 0 Å². The Bertz CT molecular complexity index is 481. The first-order valence-corrected chi connectivity index (χ1v) is 6.83. The van der Waals surface area contributed by atoms with Crippen LogP contribution in [0.25, 0.3) is 0 Å². The molecule has 0 spiro atoms. The standard InChI is InChI=1S/C15H19FN2O2/c1-18(13-8-9-17-10-13)15(20)7-6-14(19)11-2-4-12(16)5-3-11/h2-5,13,17H,6-10H2,1H3. The van der Waals surface area contributed by atoms with E-state index >= 15 is 0 Å². The van der Waals surface area contributed by atoms with Crippen molar-refractivity contribution in [1.29, 1.82) is 0 Å². The van der Waals surface area contributed by atoms with Crippen molar-refractivity contribution in [3.8, 4) is 0 Å². The SMILES string of the molecule is CN(C(=O)CCC(=O)c1ccc(F)cc1)C1CCNC1. The molecule has 0 aliphatic carbocycles. The van der Waals surface area contributed by atoms with Crippen LogP contribution in [0, 0.1) is 5.82 Å². The molecule has 1 aromatic rings. The fraction of sp³-hybridized carbons (Fsp3) is 0.467. The quantitative estimate of drug-likeness (QED) is 0.832. The maximum absolute atomic E-state index is 12.8. The molecule has 108 valence electrons. The number of hydrogen-bond donors (Lipinski definition) is 1. The number of amides is 1. The second-order valence-electron chi connectivity index (χ2n) is 5.08. The van der Waals surface area contributed by atoms with Gasteiger partial charge in [0.15, 0.2) is 5.78 Å². The summed E-state index contributed by atoms with van der Waals surface area (Å²) in [6.45, 7) is 1.74. The molecule has 1 unspecified atom stereocenters. The highest BCUT2D eigenvalue weighted by atomic mass is 19.1. The fourth-order valence-electron chi connectivity index (χ4n) is 2.35. The molecule has 1 amide bonds. The molecule has 20 heavy (non-hydrogen) atoms. The number of benzene rings is 1. The highest BCUT2D eigenvalue weighted by Gasteiger charge is 2.23. The van der Waals surface area contributed by atoms with E-state index in [1.165, 1.54) is 24.3 Å². The normalized spacial score (nSPS) is 18.0. The van der Waals surface area contributed by atoms with Gasteiger partial charge in [-0.15, -0.1) is 0 Å². The number of likely N-dealkylation sites (N-methyl/N-ethyl adjacent to an activating group) is 1. The summed E-state index contributed by atoms with van der Waals surface area (Å²) in [5.74, 6) is -0.517. The number of nitrogens with one attached hydrogen (secondary N) is 1. The lowest BCUT2D eigenvalue weighted by Gasteiger charge is -2.23. The molecule has 1 N–H and O–H groups in total. The van der Waals surface area contributed by atoms with Crippen LogP contribution in [0.3, 0.4) is 0 Å². The summed E-state index contributed by atoms with van der Waals surface area (Å²) in [6.07, 6.45) is 1.31. The van der Waals surface area contributed by atoms with Crippen LogP contribution in [0.2, 0.25) is 0 Å². The van der Waals surface area contributed by atoms with E-state index in [2.05, 4.69) is 5.32 Å². The number of rotatable bonds is 5. The number of carbonyl (C=O) groups excluding carboxylic acids is 2. The number of hydrogen-bond acceptors (Lipinski definition) is 3. The van der Waals surface area contributed by atoms with Crippen LogP contribution in [0.1, 0.15) is 29.6 Å². The van der Waals surface area contributed by atoms with Gasteiger partial charge in [0.1, 0.15) is 5.82 Å². The summed E-state index contributed by atoms with van der Waals surface area (Å²) >= 11 is 0. The third-order valence-electron chi connectivity index (χ3n) is 3.71. The topological polar surface area (TPSA) is 49.4 Å².